The van der Waals surface area contributed by atoms with Crippen molar-refractivity contribution in [1.29, 1.82) is 0 Å². The Kier molecular flexibility index (Phi) is 7.63. The van der Waals surface area contributed by atoms with Crippen molar-refractivity contribution in [3.63, 3.8) is 0 Å². The number of nitrogens with two attached hydrogens (primary N) is 1. The van der Waals surface area contributed by atoms with Gasteiger partial charge in [0.1, 0.15) is 17.1 Å². The smallest absolute Gasteiger partial charge is 0.420 e. The molecule has 0 unspecified atom stereocenters. The second kappa shape index (κ2) is 10.4. The van der Waals surface area contributed by atoms with Gasteiger partial charge in [0.2, 0.25) is 5.91 Å². The van der Waals surface area contributed by atoms with Crippen LogP contribution in [0.2, 0.25) is 0 Å². The van der Waals surface area contributed by atoms with Gasteiger partial charge < -0.3 is 25.7 Å². The van der Waals surface area contributed by atoms with Crippen LogP contribution in [-0.2, 0) is 15.8 Å². The lowest BCUT2D eigenvalue weighted by atomic mass is 10.0. The topological polar surface area (TPSA) is 104 Å². The summed E-state index contributed by atoms with van der Waals surface area (Å²) in [5.41, 5.74) is 4.40. The molecule has 1 aliphatic carbocycles. The number of alkyl halides is 3. The van der Waals surface area contributed by atoms with E-state index in [0.717, 1.165) is 37.8 Å². The van der Waals surface area contributed by atoms with Gasteiger partial charge in [0, 0.05) is 12.1 Å². The Morgan fingerprint density at radius 3 is 2.39 bits per heavy atom. The molecule has 0 aliphatic heterocycles. The van der Waals surface area contributed by atoms with Gasteiger partial charge in [-0.05, 0) is 54.3 Å². The normalized spacial score (nSPS) is 14.8. The Labute approximate surface area is 189 Å². The number of nitrogens with one attached hydrogen (secondary N) is 1. The average molecular weight is 461 g/mol. The van der Waals surface area contributed by atoms with Crippen LogP contribution in [0.1, 0.15) is 49.7 Å². The highest BCUT2D eigenvalue weighted by atomic mass is 19.4. The molecule has 0 bridgehead atoms. The summed E-state index contributed by atoms with van der Waals surface area (Å²) in [6.07, 6.45) is 2.01. The van der Waals surface area contributed by atoms with Crippen LogP contribution >= 0.6 is 0 Å². The van der Waals surface area contributed by atoms with Gasteiger partial charge in [-0.15, -0.1) is 0 Å². The monoisotopic (exact) mass is 461 g/mol. The second-order valence-corrected chi connectivity index (χ2v) is 8.01. The second-order valence-electron chi connectivity index (χ2n) is 8.01. The van der Waals surface area contributed by atoms with E-state index >= 15 is 0 Å². The molecule has 1 aliphatic rings. The number of carboxylic acids is 1. The number of aliphatic carboxylic acids is 1. The number of carbonyl (C=O) groups is 2. The SMILES string of the molecule is Nc1ccc(Oc2ccc(/C=C(\NC(=O)CCC3CCCC3)C(=O)[O-])cc2)c(C(F)(F)F)c1. The summed E-state index contributed by atoms with van der Waals surface area (Å²) in [7, 11) is 0. The fourth-order valence-corrected chi connectivity index (χ4v) is 3.78. The van der Waals surface area contributed by atoms with Gasteiger partial charge in [0.05, 0.1) is 11.7 Å². The molecule has 9 heteroatoms. The maximum Gasteiger partial charge on any atom is 0.420 e. The van der Waals surface area contributed by atoms with E-state index in [-0.39, 0.29) is 17.9 Å². The molecular weight excluding hydrogens is 437 g/mol. The number of carboxylic acid groups (broad SMARTS) is 1. The molecule has 0 atom stereocenters. The molecule has 33 heavy (non-hydrogen) atoms. The van der Waals surface area contributed by atoms with E-state index in [1.807, 2.05) is 0 Å². The number of hydrogen-bond donors (Lipinski definition) is 2. The number of rotatable bonds is 8. The average Bonchev–Trinajstić information content (AvgIpc) is 3.27. The summed E-state index contributed by atoms with van der Waals surface area (Å²) in [5, 5.41) is 13.8. The fourth-order valence-electron chi connectivity index (χ4n) is 3.78. The van der Waals surface area contributed by atoms with E-state index < -0.39 is 35.1 Å². The first kappa shape index (κ1) is 24.2. The fraction of sp³-hybridized carbons (Fsp3) is 0.333. The first-order valence-corrected chi connectivity index (χ1v) is 10.6. The van der Waals surface area contributed by atoms with E-state index in [1.165, 1.54) is 36.4 Å². The van der Waals surface area contributed by atoms with Gasteiger partial charge in [-0.25, -0.2) is 0 Å². The molecule has 2 aromatic rings. The zero-order valence-corrected chi connectivity index (χ0v) is 17.8. The van der Waals surface area contributed by atoms with E-state index in [4.69, 9.17) is 10.5 Å². The summed E-state index contributed by atoms with van der Waals surface area (Å²) in [6, 6.07) is 8.88. The molecule has 1 fully saturated rings. The molecule has 1 saturated carbocycles. The highest BCUT2D eigenvalue weighted by Crippen LogP contribution is 2.39. The summed E-state index contributed by atoms with van der Waals surface area (Å²) in [4.78, 5) is 23.6. The lowest BCUT2D eigenvalue weighted by molar-refractivity contribution is -0.299. The van der Waals surface area contributed by atoms with Crippen molar-refractivity contribution in [1.82, 2.24) is 5.32 Å². The Bertz CT molecular complexity index is 1030. The summed E-state index contributed by atoms with van der Waals surface area (Å²) in [6.45, 7) is 0. The number of anilines is 1. The molecule has 0 aromatic heterocycles. The van der Waals surface area contributed by atoms with Crippen molar-refractivity contribution in [3.05, 3.63) is 59.3 Å². The van der Waals surface area contributed by atoms with Gasteiger partial charge in [-0.2, -0.15) is 13.2 Å². The molecule has 3 N–H and O–H groups in total. The number of ether oxygens (including phenoxy) is 1. The first-order chi connectivity index (χ1) is 15.6. The minimum Gasteiger partial charge on any atom is -0.543 e. The third-order valence-corrected chi connectivity index (χ3v) is 5.48. The van der Waals surface area contributed by atoms with Gasteiger partial charge in [-0.1, -0.05) is 37.8 Å². The molecule has 0 heterocycles. The Balaban J connectivity index is 1.67. The van der Waals surface area contributed by atoms with Crippen LogP contribution in [-0.4, -0.2) is 11.9 Å². The number of nitrogen functional groups attached to an aromatic ring is 1. The molecule has 3 rings (SSSR count). The molecule has 2 aromatic carbocycles. The zero-order chi connectivity index (χ0) is 24.0. The third-order valence-electron chi connectivity index (χ3n) is 5.48. The van der Waals surface area contributed by atoms with Crippen LogP contribution in [0, 0.1) is 5.92 Å². The molecule has 0 radical (unpaired) electrons. The highest BCUT2D eigenvalue weighted by Gasteiger charge is 2.34. The van der Waals surface area contributed by atoms with Crippen LogP contribution in [0.4, 0.5) is 18.9 Å². The summed E-state index contributed by atoms with van der Waals surface area (Å²) in [5.74, 6) is -1.75. The maximum absolute atomic E-state index is 13.2. The Morgan fingerprint density at radius 2 is 1.79 bits per heavy atom. The van der Waals surface area contributed by atoms with Crippen molar-refractivity contribution in [3.8, 4) is 11.5 Å². The summed E-state index contributed by atoms with van der Waals surface area (Å²) >= 11 is 0. The number of halogens is 3. The van der Waals surface area contributed by atoms with Crippen LogP contribution in [0.15, 0.2) is 48.2 Å². The molecular formula is C24H24F3N2O4-. The number of hydrogen-bond acceptors (Lipinski definition) is 5. The van der Waals surface area contributed by atoms with Gasteiger partial charge in [0.15, 0.2) is 0 Å². The molecule has 6 nitrogen and oxygen atoms in total. The molecule has 176 valence electrons. The predicted octanol–water partition coefficient (Wildman–Crippen LogP) is 4.26. The van der Waals surface area contributed by atoms with E-state index in [0.29, 0.717) is 17.9 Å². The lowest BCUT2D eigenvalue weighted by Crippen LogP contribution is -2.35. The van der Waals surface area contributed by atoms with E-state index in [9.17, 15) is 27.9 Å². The van der Waals surface area contributed by atoms with E-state index in [2.05, 4.69) is 5.32 Å². The molecule has 1 amide bonds. The third kappa shape index (κ3) is 7.00. The maximum atomic E-state index is 13.2. The van der Waals surface area contributed by atoms with E-state index in [1.54, 1.807) is 0 Å². The Morgan fingerprint density at radius 1 is 1.12 bits per heavy atom. The number of amides is 1. The molecule has 0 saturated heterocycles. The first-order valence-electron chi connectivity index (χ1n) is 10.6. The highest BCUT2D eigenvalue weighted by molar-refractivity contribution is 5.95. The van der Waals surface area contributed by atoms with Crippen molar-refractivity contribution in [2.45, 2.75) is 44.7 Å². The van der Waals surface area contributed by atoms with Crippen LogP contribution in [0.5, 0.6) is 11.5 Å². The minimum absolute atomic E-state index is 0.0461. The van der Waals surface area contributed by atoms with Crippen molar-refractivity contribution >= 4 is 23.6 Å². The van der Waals surface area contributed by atoms with Crippen LogP contribution in [0.3, 0.4) is 0 Å². The van der Waals surface area contributed by atoms with Crippen LogP contribution in [0.25, 0.3) is 6.08 Å². The van der Waals surface area contributed by atoms with Gasteiger partial charge in [-0.3, -0.25) is 4.79 Å². The minimum atomic E-state index is -4.65. The predicted molar refractivity (Wildman–Crippen MR) is 115 cm³/mol. The van der Waals surface area contributed by atoms with Gasteiger partial charge in [0.25, 0.3) is 0 Å². The van der Waals surface area contributed by atoms with Gasteiger partial charge >= 0.3 is 6.18 Å². The molecule has 0 spiro atoms. The number of benzene rings is 2. The zero-order valence-electron chi connectivity index (χ0n) is 17.8. The Hall–Kier alpha value is -3.49. The number of carbonyl (C=O) groups excluding carboxylic acids is 2. The quantitative estimate of drug-likeness (QED) is 0.452. The standard InChI is InChI=1S/C24H25F3N2O4/c25-24(26,27)19-14-17(28)8-11-21(19)33-18-9-5-16(6-10-18)13-20(23(31)32)29-22(30)12-7-15-3-1-2-4-15/h5-6,8-11,13-15H,1-4,7,12,28H2,(H,29,30)(H,31,32)/p-1/b20-13-. The van der Waals surface area contributed by atoms with Crippen LogP contribution < -0.4 is 20.9 Å². The van der Waals surface area contributed by atoms with Crippen molar-refractivity contribution in [2.75, 3.05) is 5.73 Å². The lowest BCUT2D eigenvalue weighted by Gasteiger charge is -2.15. The van der Waals surface area contributed by atoms with Crippen molar-refractivity contribution < 1.29 is 32.6 Å². The summed E-state index contributed by atoms with van der Waals surface area (Å²) < 4.78 is 45.0. The largest absolute Gasteiger partial charge is 0.543 e. The van der Waals surface area contributed by atoms with Crippen molar-refractivity contribution in [2.24, 2.45) is 5.92 Å².